The topological polar surface area (TPSA) is 74.8 Å². The first-order valence-electron chi connectivity index (χ1n) is 6.59. The van der Waals surface area contributed by atoms with Gasteiger partial charge in [-0.25, -0.2) is 18.1 Å². The molecule has 0 aliphatic heterocycles. The highest BCUT2D eigenvalue weighted by atomic mass is 32.2. The summed E-state index contributed by atoms with van der Waals surface area (Å²) in [6, 6.07) is 9.16. The summed E-state index contributed by atoms with van der Waals surface area (Å²) in [5.74, 6) is 0. The Morgan fingerprint density at radius 2 is 2.14 bits per heavy atom. The number of rotatable bonds is 5. The van der Waals surface area contributed by atoms with Gasteiger partial charge in [0.25, 0.3) is 0 Å². The lowest BCUT2D eigenvalue weighted by Gasteiger charge is -2.05. The second kappa shape index (κ2) is 5.59. The van der Waals surface area contributed by atoms with Gasteiger partial charge in [0, 0.05) is 11.4 Å². The number of aromatic amines is 1. The molecule has 2 heterocycles. The summed E-state index contributed by atoms with van der Waals surface area (Å²) in [5, 5.41) is 0. The molecule has 0 unspecified atom stereocenters. The van der Waals surface area contributed by atoms with E-state index in [-0.39, 0.29) is 6.54 Å². The first-order chi connectivity index (χ1) is 10.1. The number of thiophene rings is 1. The van der Waals surface area contributed by atoms with Crippen molar-refractivity contribution < 1.29 is 8.42 Å². The highest BCUT2D eigenvalue weighted by Crippen LogP contribution is 2.22. The van der Waals surface area contributed by atoms with E-state index >= 15 is 0 Å². The van der Waals surface area contributed by atoms with Gasteiger partial charge in [0.2, 0.25) is 10.0 Å². The third-order valence-corrected chi connectivity index (χ3v) is 6.32. The van der Waals surface area contributed by atoms with Crippen LogP contribution >= 0.6 is 11.3 Å². The summed E-state index contributed by atoms with van der Waals surface area (Å²) in [5.41, 5.74) is 2.66. The van der Waals surface area contributed by atoms with E-state index in [0.717, 1.165) is 27.9 Å². The summed E-state index contributed by atoms with van der Waals surface area (Å²) < 4.78 is 27.5. The highest BCUT2D eigenvalue weighted by molar-refractivity contribution is 7.91. The number of aryl methyl sites for hydroxylation is 1. The lowest BCUT2D eigenvalue weighted by molar-refractivity contribution is 0.583. The van der Waals surface area contributed by atoms with E-state index in [1.165, 1.54) is 11.3 Å². The standard InChI is InChI=1S/C14H15N3O2S2/c1-2-11-4-6-14(20-11)21(18,19)17-8-10-3-5-12-13(7-10)16-9-15-12/h3-7,9,17H,2,8H2,1H3,(H,15,16). The van der Waals surface area contributed by atoms with Crippen LogP contribution in [0.5, 0.6) is 0 Å². The number of sulfonamides is 1. The van der Waals surface area contributed by atoms with Crippen LogP contribution in [0.1, 0.15) is 17.4 Å². The Balaban J connectivity index is 1.76. The molecule has 0 bridgehead atoms. The summed E-state index contributed by atoms with van der Waals surface area (Å²) in [6.45, 7) is 2.27. The molecule has 3 rings (SSSR count). The number of hydrogen-bond acceptors (Lipinski definition) is 4. The Morgan fingerprint density at radius 1 is 1.29 bits per heavy atom. The average molecular weight is 321 g/mol. The van der Waals surface area contributed by atoms with Gasteiger partial charge in [-0.05, 0) is 36.2 Å². The Morgan fingerprint density at radius 3 is 2.90 bits per heavy atom. The Bertz CT molecular complexity index is 865. The van der Waals surface area contributed by atoms with E-state index in [1.807, 2.05) is 31.2 Å². The highest BCUT2D eigenvalue weighted by Gasteiger charge is 2.16. The van der Waals surface area contributed by atoms with Gasteiger partial charge >= 0.3 is 0 Å². The SMILES string of the molecule is CCc1ccc(S(=O)(=O)NCc2ccc3nc[nH]c3c2)s1. The summed E-state index contributed by atoms with van der Waals surface area (Å²) >= 11 is 1.31. The molecule has 7 heteroatoms. The molecule has 110 valence electrons. The van der Waals surface area contributed by atoms with Crippen LogP contribution in [0.2, 0.25) is 0 Å². The molecule has 0 aliphatic rings. The number of aromatic nitrogens is 2. The molecule has 0 amide bonds. The molecule has 5 nitrogen and oxygen atoms in total. The van der Waals surface area contributed by atoms with Gasteiger partial charge in [0.1, 0.15) is 4.21 Å². The van der Waals surface area contributed by atoms with Crippen molar-refractivity contribution in [3.05, 3.63) is 47.1 Å². The van der Waals surface area contributed by atoms with Crippen molar-refractivity contribution in [2.75, 3.05) is 0 Å². The lowest BCUT2D eigenvalue weighted by atomic mass is 10.2. The van der Waals surface area contributed by atoms with Crippen LogP contribution in [0, 0.1) is 0 Å². The normalized spacial score (nSPS) is 12.0. The lowest BCUT2D eigenvalue weighted by Crippen LogP contribution is -2.22. The largest absolute Gasteiger partial charge is 0.345 e. The second-order valence-corrected chi connectivity index (χ2v) is 7.82. The van der Waals surface area contributed by atoms with Gasteiger partial charge in [-0.2, -0.15) is 0 Å². The zero-order valence-electron chi connectivity index (χ0n) is 11.5. The van der Waals surface area contributed by atoms with Crippen LogP contribution in [0.15, 0.2) is 40.9 Å². The fourth-order valence-electron chi connectivity index (χ4n) is 2.03. The third-order valence-electron chi connectivity index (χ3n) is 3.20. The van der Waals surface area contributed by atoms with Gasteiger partial charge in [-0.3, -0.25) is 0 Å². The maximum absolute atomic E-state index is 12.2. The molecule has 0 atom stereocenters. The minimum atomic E-state index is -3.44. The number of nitrogens with one attached hydrogen (secondary N) is 2. The van der Waals surface area contributed by atoms with Gasteiger partial charge in [0.15, 0.2) is 0 Å². The quantitative estimate of drug-likeness (QED) is 0.758. The number of H-pyrrole nitrogens is 1. The van der Waals surface area contributed by atoms with Gasteiger partial charge in [-0.15, -0.1) is 11.3 Å². The Hall–Kier alpha value is -1.70. The van der Waals surface area contributed by atoms with Crippen LogP contribution < -0.4 is 4.72 Å². The molecule has 21 heavy (non-hydrogen) atoms. The van der Waals surface area contributed by atoms with Gasteiger partial charge < -0.3 is 4.98 Å². The number of imidazole rings is 1. The van der Waals surface area contributed by atoms with Gasteiger partial charge in [-0.1, -0.05) is 13.0 Å². The zero-order chi connectivity index (χ0) is 14.9. The number of hydrogen-bond donors (Lipinski definition) is 2. The van der Waals surface area contributed by atoms with Crippen LogP contribution in [0.25, 0.3) is 11.0 Å². The third kappa shape index (κ3) is 2.99. The molecule has 2 N–H and O–H groups in total. The second-order valence-electron chi connectivity index (χ2n) is 4.65. The van der Waals surface area contributed by atoms with E-state index in [1.54, 1.807) is 12.4 Å². The van der Waals surface area contributed by atoms with Crippen molar-refractivity contribution in [1.29, 1.82) is 0 Å². The molecule has 3 aromatic rings. The number of nitrogens with zero attached hydrogens (tertiary/aromatic N) is 1. The molecule has 0 saturated carbocycles. The monoisotopic (exact) mass is 321 g/mol. The fraction of sp³-hybridized carbons (Fsp3) is 0.214. The first kappa shape index (κ1) is 14.2. The Kier molecular flexibility index (Phi) is 3.79. The maximum atomic E-state index is 12.2. The minimum Gasteiger partial charge on any atom is -0.345 e. The molecule has 1 aromatic carbocycles. The molecular weight excluding hydrogens is 306 g/mol. The van der Waals surface area contributed by atoms with Gasteiger partial charge in [0.05, 0.1) is 17.4 Å². The van der Waals surface area contributed by atoms with Crippen LogP contribution in [-0.4, -0.2) is 18.4 Å². The molecule has 0 radical (unpaired) electrons. The van der Waals surface area contributed by atoms with E-state index < -0.39 is 10.0 Å². The number of benzene rings is 1. The molecular formula is C14H15N3O2S2. The van der Waals surface area contributed by atoms with Crippen molar-refractivity contribution in [1.82, 2.24) is 14.7 Å². The molecule has 0 fully saturated rings. The van der Waals surface area contributed by atoms with Crippen molar-refractivity contribution in [2.24, 2.45) is 0 Å². The predicted molar refractivity (Wildman–Crippen MR) is 83.8 cm³/mol. The van der Waals surface area contributed by atoms with E-state index in [9.17, 15) is 8.42 Å². The smallest absolute Gasteiger partial charge is 0.250 e. The summed E-state index contributed by atoms with van der Waals surface area (Å²) in [7, 11) is -3.44. The van der Waals surface area contributed by atoms with Crippen LogP contribution in [-0.2, 0) is 23.0 Å². The molecule has 2 aromatic heterocycles. The van der Waals surface area contributed by atoms with Crippen molar-refractivity contribution in [3.63, 3.8) is 0 Å². The zero-order valence-corrected chi connectivity index (χ0v) is 13.1. The molecule has 0 aliphatic carbocycles. The summed E-state index contributed by atoms with van der Waals surface area (Å²) in [4.78, 5) is 8.21. The fourth-order valence-corrected chi connectivity index (χ4v) is 4.39. The number of fused-ring (bicyclic) bond motifs is 1. The predicted octanol–water partition coefficient (Wildman–Crippen LogP) is 2.67. The first-order valence-corrected chi connectivity index (χ1v) is 8.89. The molecule has 0 spiro atoms. The van der Waals surface area contributed by atoms with Crippen molar-refractivity contribution >= 4 is 32.4 Å². The van der Waals surface area contributed by atoms with Crippen LogP contribution in [0.3, 0.4) is 0 Å². The average Bonchev–Trinajstić information content (AvgIpc) is 3.13. The van der Waals surface area contributed by atoms with Crippen molar-refractivity contribution in [2.45, 2.75) is 24.1 Å². The minimum absolute atomic E-state index is 0.261. The van der Waals surface area contributed by atoms with E-state index in [2.05, 4.69) is 14.7 Å². The Labute approximate surface area is 127 Å². The maximum Gasteiger partial charge on any atom is 0.250 e. The van der Waals surface area contributed by atoms with Crippen LogP contribution in [0.4, 0.5) is 0 Å². The van der Waals surface area contributed by atoms with E-state index in [4.69, 9.17) is 0 Å². The molecule has 0 saturated heterocycles. The van der Waals surface area contributed by atoms with E-state index in [0.29, 0.717) is 4.21 Å². The van der Waals surface area contributed by atoms with Crippen molar-refractivity contribution in [3.8, 4) is 0 Å². The summed E-state index contributed by atoms with van der Waals surface area (Å²) in [6.07, 6.45) is 2.47.